The zero-order chi connectivity index (χ0) is 16.1. The molecule has 0 bridgehead atoms. The van der Waals surface area contributed by atoms with Gasteiger partial charge in [-0.1, -0.05) is 29.3 Å². The molecule has 1 aromatic carbocycles. The van der Waals surface area contributed by atoms with Crippen LogP contribution in [-0.4, -0.2) is 47.7 Å². The van der Waals surface area contributed by atoms with Gasteiger partial charge in [0.15, 0.2) is 6.10 Å². The molecule has 1 atom stereocenters. The molecule has 120 valence electrons. The molecule has 0 aromatic heterocycles. The third-order valence-corrected chi connectivity index (χ3v) is 4.27. The minimum Gasteiger partial charge on any atom is -0.479 e. The van der Waals surface area contributed by atoms with Crippen LogP contribution in [0.5, 0.6) is 0 Å². The zero-order valence-electron chi connectivity index (χ0n) is 11.9. The number of hydrogen-bond acceptors (Lipinski definition) is 3. The molecular formula is C15H17Cl2NO4. The average molecular weight is 346 g/mol. The van der Waals surface area contributed by atoms with Crippen LogP contribution in [0.4, 0.5) is 0 Å². The molecule has 0 saturated carbocycles. The molecule has 1 fully saturated rings. The lowest BCUT2D eigenvalue weighted by Crippen LogP contribution is -2.48. The maximum absolute atomic E-state index is 12.1. The van der Waals surface area contributed by atoms with E-state index in [0.29, 0.717) is 29.4 Å². The first-order chi connectivity index (χ1) is 10.5. The van der Waals surface area contributed by atoms with Gasteiger partial charge in [0.25, 0.3) is 0 Å². The molecule has 1 aromatic rings. The summed E-state index contributed by atoms with van der Waals surface area (Å²) in [5.41, 5.74) is 1.02. The van der Waals surface area contributed by atoms with E-state index >= 15 is 0 Å². The van der Waals surface area contributed by atoms with Crippen LogP contribution < -0.4 is 0 Å². The quantitative estimate of drug-likeness (QED) is 0.890. The van der Waals surface area contributed by atoms with Crippen LogP contribution in [0.2, 0.25) is 10.0 Å². The monoisotopic (exact) mass is 345 g/mol. The van der Waals surface area contributed by atoms with Crippen LogP contribution in [0.25, 0.3) is 0 Å². The zero-order valence-corrected chi connectivity index (χ0v) is 13.4. The maximum Gasteiger partial charge on any atom is 0.334 e. The van der Waals surface area contributed by atoms with E-state index in [2.05, 4.69) is 0 Å². The minimum absolute atomic E-state index is 0.0467. The SMILES string of the molecule is O=C(O)[C@H]1CN(C(=O)CCCc2ccc(Cl)c(Cl)c2)CCO1. The first kappa shape index (κ1) is 17.1. The minimum atomic E-state index is -1.03. The van der Waals surface area contributed by atoms with E-state index < -0.39 is 12.1 Å². The van der Waals surface area contributed by atoms with E-state index in [1.807, 2.05) is 6.07 Å². The second kappa shape index (κ2) is 7.81. The molecule has 1 N–H and O–H groups in total. The number of morpholine rings is 1. The van der Waals surface area contributed by atoms with E-state index in [4.69, 9.17) is 33.0 Å². The van der Waals surface area contributed by atoms with Gasteiger partial charge in [-0.25, -0.2) is 4.79 Å². The number of halogens is 2. The number of hydrogen-bond donors (Lipinski definition) is 1. The van der Waals surface area contributed by atoms with Gasteiger partial charge < -0.3 is 14.7 Å². The standard InChI is InChI=1S/C15H17Cl2NO4/c16-11-5-4-10(8-12(11)17)2-1-3-14(19)18-6-7-22-13(9-18)15(20)21/h4-5,8,13H,1-3,6-7,9H2,(H,20,21)/t13-/m1/s1. The lowest BCUT2D eigenvalue weighted by Gasteiger charge is -2.30. The fraction of sp³-hybridized carbons (Fsp3) is 0.467. The molecule has 1 heterocycles. The second-order valence-corrected chi connectivity index (χ2v) is 5.95. The molecule has 0 radical (unpaired) electrons. The Labute approximate surface area is 138 Å². The van der Waals surface area contributed by atoms with Crippen molar-refractivity contribution in [3.8, 4) is 0 Å². The van der Waals surface area contributed by atoms with Gasteiger partial charge in [0.2, 0.25) is 5.91 Å². The first-order valence-electron chi connectivity index (χ1n) is 7.03. The summed E-state index contributed by atoms with van der Waals surface area (Å²) in [5.74, 6) is -1.08. The number of amides is 1. The summed E-state index contributed by atoms with van der Waals surface area (Å²) in [6, 6.07) is 5.41. The van der Waals surface area contributed by atoms with Crippen LogP contribution >= 0.6 is 23.2 Å². The summed E-state index contributed by atoms with van der Waals surface area (Å²) in [7, 11) is 0. The van der Waals surface area contributed by atoms with Gasteiger partial charge in [-0.15, -0.1) is 0 Å². The number of carboxylic acid groups (broad SMARTS) is 1. The number of rotatable bonds is 5. The number of benzene rings is 1. The molecule has 0 spiro atoms. The van der Waals surface area contributed by atoms with Gasteiger partial charge in [-0.3, -0.25) is 4.79 Å². The molecule has 0 aliphatic carbocycles. The predicted octanol–water partition coefficient (Wildman–Crippen LogP) is 2.63. The highest BCUT2D eigenvalue weighted by atomic mass is 35.5. The summed E-state index contributed by atoms with van der Waals surface area (Å²) in [6.07, 6.45) is 0.834. The summed E-state index contributed by atoms with van der Waals surface area (Å²) in [5, 5.41) is 9.94. The van der Waals surface area contributed by atoms with Gasteiger partial charge in [0.05, 0.1) is 23.2 Å². The Hall–Kier alpha value is -1.30. The number of nitrogens with zero attached hydrogens (tertiary/aromatic N) is 1. The van der Waals surface area contributed by atoms with Crippen molar-refractivity contribution in [2.24, 2.45) is 0 Å². The van der Waals surface area contributed by atoms with Crippen molar-refractivity contribution in [1.29, 1.82) is 0 Å². The Bertz CT molecular complexity index is 564. The van der Waals surface area contributed by atoms with Crippen molar-refractivity contribution >= 4 is 35.1 Å². The summed E-state index contributed by atoms with van der Waals surface area (Å²) in [4.78, 5) is 24.6. The lowest BCUT2D eigenvalue weighted by atomic mass is 10.1. The van der Waals surface area contributed by atoms with E-state index in [-0.39, 0.29) is 19.1 Å². The lowest BCUT2D eigenvalue weighted by molar-refractivity contribution is -0.159. The normalized spacial score (nSPS) is 18.3. The molecule has 0 unspecified atom stereocenters. The largest absolute Gasteiger partial charge is 0.479 e. The first-order valence-corrected chi connectivity index (χ1v) is 7.79. The predicted molar refractivity (Wildman–Crippen MR) is 83.4 cm³/mol. The molecule has 1 aliphatic rings. The van der Waals surface area contributed by atoms with Gasteiger partial charge in [-0.2, -0.15) is 0 Å². The van der Waals surface area contributed by atoms with Crippen LogP contribution in [-0.2, 0) is 20.7 Å². The van der Waals surface area contributed by atoms with Crippen LogP contribution in [0.15, 0.2) is 18.2 Å². The molecule has 2 rings (SSSR count). The average Bonchev–Trinajstić information content (AvgIpc) is 2.51. The van der Waals surface area contributed by atoms with Crippen molar-refractivity contribution in [2.75, 3.05) is 19.7 Å². The number of ether oxygens (including phenoxy) is 1. The van der Waals surface area contributed by atoms with E-state index in [1.54, 1.807) is 17.0 Å². The number of carboxylic acids is 1. The Morgan fingerprint density at radius 1 is 1.32 bits per heavy atom. The Morgan fingerprint density at radius 3 is 2.77 bits per heavy atom. The smallest absolute Gasteiger partial charge is 0.334 e. The summed E-state index contributed by atoms with van der Waals surface area (Å²) >= 11 is 11.8. The van der Waals surface area contributed by atoms with Crippen molar-refractivity contribution in [3.63, 3.8) is 0 Å². The second-order valence-electron chi connectivity index (χ2n) is 5.14. The molecule has 7 heteroatoms. The number of aliphatic carboxylic acids is 1. The van der Waals surface area contributed by atoms with Gasteiger partial charge in [-0.05, 0) is 30.5 Å². The number of carbonyl (C=O) groups excluding carboxylic acids is 1. The van der Waals surface area contributed by atoms with E-state index in [1.165, 1.54) is 0 Å². The molecule has 1 saturated heterocycles. The maximum atomic E-state index is 12.1. The molecular weight excluding hydrogens is 329 g/mol. The van der Waals surface area contributed by atoms with Crippen molar-refractivity contribution < 1.29 is 19.4 Å². The summed E-state index contributed by atoms with van der Waals surface area (Å²) < 4.78 is 5.10. The van der Waals surface area contributed by atoms with Crippen LogP contribution in [0, 0.1) is 0 Å². The number of carbonyl (C=O) groups is 2. The van der Waals surface area contributed by atoms with Crippen LogP contribution in [0.3, 0.4) is 0 Å². The van der Waals surface area contributed by atoms with Crippen molar-refractivity contribution in [3.05, 3.63) is 33.8 Å². The van der Waals surface area contributed by atoms with Crippen molar-refractivity contribution in [2.45, 2.75) is 25.4 Å². The van der Waals surface area contributed by atoms with Crippen LogP contribution in [0.1, 0.15) is 18.4 Å². The summed E-state index contributed by atoms with van der Waals surface area (Å²) in [6.45, 7) is 0.811. The van der Waals surface area contributed by atoms with Gasteiger partial charge >= 0.3 is 5.97 Å². The highest BCUT2D eigenvalue weighted by molar-refractivity contribution is 6.42. The fourth-order valence-corrected chi connectivity index (χ4v) is 2.64. The molecule has 1 aliphatic heterocycles. The topological polar surface area (TPSA) is 66.8 Å². The molecule has 5 nitrogen and oxygen atoms in total. The van der Waals surface area contributed by atoms with Crippen molar-refractivity contribution in [1.82, 2.24) is 4.90 Å². The Balaban J connectivity index is 1.79. The number of aryl methyl sites for hydroxylation is 1. The Kier molecular flexibility index (Phi) is 6.06. The van der Waals surface area contributed by atoms with E-state index in [9.17, 15) is 9.59 Å². The van der Waals surface area contributed by atoms with Gasteiger partial charge in [0.1, 0.15) is 0 Å². The highest BCUT2D eigenvalue weighted by Crippen LogP contribution is 2.23. The molecule has 22 heavy (non-hydrogen) atoms. The molecule has 1 amide bonds. The Morgan fingerprint density at radius 2 is 2.09 bits per heavy atom. The third kappa shape index (κ3) is 4.60. The van der Waals surface area contributed by atoms with E-state index in [0.717, 1.165) is 12.0 Å². The fourth-order valence-electron chi connectivity index (χ4n) is 2.32. The van der Waals surface area contributed by atoms with Gasteiger partial charge in [0, 0.05) is 13.0 Å². The third-order valence-electron chi connectivity index (χ3n) is 3.53. The highest BCUT2D eigenvalue weighted by Gasteiger charge is 2.28.